The van der Waals surface area contributed by atoms with Crippen LogP contribution in [0.15, 0.2) is 0 Å². The summed E-state index contributed by atoms with van der Waals surface area (Å²) in [6, 6.07) is 0. The molecule has 0 bridgehead atoms. The molecule has 4 nitrogen and oxygen atoms in total. The molecular formula is C12H23NO3. The van der Waals surface area contributed by atoms with Crippen molar-refractivity contribution >= 4 is 5.91 Å². The molecule has 0 aromatic rings. The molecule has 94 valence electrons. The van der Waals surface area contributed by atoms with E-state index in [9.17, 15) is 4.79 Å². The Kier molecular flexibility index (Phi) is 6.42. The van der Waals surface area contributed by atoms with Crippen LogP contribution in [-0.2, 0) is 14.3 Å². The zero-order valence-corrected chi connectivity index (χ0v) is 10.3. The van der Waals surface area contributed by atoms with Crippen LogP contribution in [0.1, 0.15) is 26.2 Å². The lowest BCUT2D eigenvalue weighted by Gasteiger charge is -2.11. The Balaban J connectivity index is 1.97. The molecule has 0 spiro atoms. The van der Waals surface area contributed by atoms with E-state index in [-0.39, 0.29) is 12.5 Å². The zero-order chi connectivity index (χ0) is 11.8. The number of carbonyl (C=O) groups excluding carboxylic acids is 1. The second-order valence-electron chi connectivity index (χ2n) is 4.63. The van der Waals surface area contributed by atoms with Crippen molar-refractivity contribution in [3.63, 3.8) is 0 Å². The summed E-state index contributed by atoms with van der Waals surface area (Å²) in [5, 5.41) is 2.92. The summed E-state index contributed by atoms with van der Waals surface area (Å²) in [6.45, 7) is 4.23. The minimum Gasteiger partial charge on any atom is -0.382 e. The number of ether oxygens (including phenoxy) is 2. The molecule has 4 heteroatoms. The first-order valence-corrected chi connectivity index (χ1v) is 6.05. The fraction of sp³-hybridized carbons (Fsp3) is 0.917. The van der Waals surface area contributed by atoms with E-state index in [1.165, 1.54) is 19.3 Å². The summed E-state index contributed by atoms with van der Waals surface area (Å²) >= 11 is 0. The Labute approximate surface area is 97.7 Å². The standard InChI is InChI=1S/C12H23NO3/c1-10-3-4-11(7-10)8-13-12(14)9-16-6-5-15-2/h10-11H,3-9H2,1-2H3,(H,13,14). The molecule has 0 heterocycles. The number of rotatable bonds is 7. The van der Waals surface area contributed by atoms with Crippen molar-refractivity contribution in [2.45, 2.75) is 26.2 Å². The fourth-order valence-electron chi connectivity index (χ4n) is 2.13. The first-order valence-electron chi connectivity index (χ1n) is 6.05. The number of carbonyl (C=O) groups is 1. The summed E-state index contributed by atoms with van der Waals surface area (Å²) in [4.78, 5) is 11.4. The van der Waals surface area contributed by atoms with Crippen molar-refractivity contribution < 1.29 is 14.3 Å². The Bertz CT molecular complexity index is 208. The van der Waals surface area contributed by atoms with Gasteiger partial charge in [-0.15, -0.1) is 0 Å². The molecule has 1 aliphatic carbocycles. The van der Waals surface area contributed by atoms with Crippen molar-refractivity contribution in [1.82, 2.24) is 5.32 Å². The third-order valence-corrected chi connectivity index (χ3v) is 3.06. The van der Waals surface area contributed by atoms with Crippen LogP contribution in [0.5, 0.6) is 0 Å². The first kappa shape index (κ1) is 13.5. The Morgan fingerprint density at radius 2 is 2.19 bits per heavy atom. The highest BCUT2D eigenvalue weighted by Gasteiger charge is 2.21. The second kappa shape index (κ2) is 7.63. The van der Waals surface area contributed by atoms with Gasteiger partial charge >= 0.3 is 0 Å². The van der Waals surface area contributed by atoms with E-state index in [2.05, 4.69) is 12.2 Å². The first-order chi connectivity index (χ1) is 7.72. The van der Waals surface area contributed by atoms with Crippen molar-refractivity contribution in [1.29, 1.82) is 0 Å². The number of hydrogen-bond acceptors (Lipinski definition) is 3. The van der Waals surface area contributed by atoms with Gasteiger partial charge in [0.05, 0.1) is 13.2 Å². The van der Waals surface area contributed by atoms with Gasteiger partial charge in [0, 0.05) is 13.7 Å². The molecule has 16 heavy (non-hydrogen) atoms. The van der Waals surface area contributed by atoms with E-state index in [0.29, 0.717) is 19.1 Å². The average Bonchev–Trinajstić information content (AvgIpc) is 2.68. The summed E-state index contributed by atoms with van der Waals surface area (Å²) in [5.41, 5.74) is 0. The van der Waals surface area contributed by atoms with Crippen LogP contribution in [0.3, 0.4) is 0 Å². The minimum absolute atomic E-state index is 0.0179. The SMILES string of the molecule is COCCOCC(=O)NCC1CCC(C)C1. The minimum atomic E-state index is -0.0179. The van der Waals surface area contributed by atoms with Crippen LogP contribution >= 0.6 is 0 Å². The summed E-state index contributed by atoms with van der Waals surface area (Å²) in [7, 11) is 1.62. The maximum absolute atomic E-state index is 11.4. The van der Waals surface area contributed by atoms with Crippen molar-refractivity contribution in [2.24, 2.45) is 11.8 Å². The smallest absolute Gasteiger partial charge is 0.246 e. The van der Waals surface area contributed by atoms with Gasteiger partial charge in [-0.1, -0.05) is 13.3 Å². The summed E-state index contributed by atoms with van der Waals surface area (Å²) in [6.07, 6.45) is 3.78. The lowest BCUT2D eigenvalue weighted by atomic mass is 10.1. The molecule has 0 aliphatic heterocycles. The monoisotopic (exact) mass is 229 g/mol. The molecule has 2 unspecified atom stereocenters. The van der Waals surface area contributed by atoms with Gasteiger partial charge in [-0.3, -0.25) is 4.79 Å². The highest BCUT2D eigenvalue weighted by molar-refractivity contribution is 5.77. The van der Waals surface area contributed by atoms with E-state index in [1.807, 2.05) is 0 Å². The van der Waals surface area contributed by atoms with Crippen LogP contribution in [-0.4, -0.2) is 39.4 Å². The molecule has 0 saturated heterocycles. The van der Waals surface area contributed by atoms with Crippen molar-refractivity contribution in [3.8, 4) is 0 Å². The van der Waals surface area contributed by atoms with Gasteiger partial charge in [-0.2, -0.15) is 0 Å². The van der Waals surface area contributed by atoms with Crippen LogP contribution in [0.2, 0.25) is 0 Å². The van der Waals surface area contributed by atoms with Crippen molar-refractivity contribution in [2.75, 3.05) is 33.5 Å². The van der Waals surface area contributed by atoms with E-state index >= 15 is 0 Å². The van der Waals surface area contributed by atoms with Crippen LogP contribution in [0.25, 0.3) is 0 Å². The molecule has 1 N–H and O–H groups in total. The van der Waals surface area contributed by atoms with Crippen LogP contribution < -0.4 is 5.32 Å². The lowest BCUT2D eigenvalue weighted by Crippen LogP contribution is -2.32. The fourth-order valence-corrected chi connectivity index (χ4v) is 2.13. The number of methoxy groups -OCH3 is 1. The van der Waals surface area contributed by atoms with Gasteiger partial charge in [-0.05, 0) is 24.7 Å². The average molecular weight is 229 g/mol. The van der Waals surface area contributed by atoms with Gasteiger partial charge < -0.3 is 14.8 Å². The molecule has 1 saturated carbocycles. The predicted molar refractivity (Wildman–Crippen MR) is 62.2 cm³/mol. The maximum Gasteiger partial charge on any atom is 0.246 e. The molecule has 0 radical (unpaired) electrons. The Morgan fingerprint density at radius 1 is 1.38 bits per heavy atom. The van der Waals surface area contributed by atoms with Crippen LogP contribution in [0, 0.1) is 11.8 Å². The molecule has 1 amide bonds. The van der Waals surface area contributed by atoms with E-state index in [1.54, 1.807) is 7.11 Å². The molecule has 0 aromatic heterocycles. The Hall–Kier alpha value is -0.610. The number of amides is 1. The predicted octanol–water partition coefficient (Wildman–Crippen LogP) is 1.20. The Morgan fingerprint density at radius 3 is 2.81 bits per heavy atom. The number of hydrogen-bond donors (Lipinski definition) is 1. The third-order valence-electron chi connectivity index (χ3n) is 3.06. The molecule has 2 atom stereocenters. The van der Waals surface area contributed by atoms with Gasteiger partial charge in [0.25, 0.3) is 0 Å². The largest absolute Gasteiger partial charge is 0.382 e. The van der Waals surface area contributed by atoms with E-state index < -0.39 is 0 Å². The lowest BCUT2D eigenvalue weighted by molar-refractivity contribution is -0.126. The number of nitrogens with one attached hydrogen (secondary N) is 1. The van der Waals surface area contributed by atoms with E-state index in [4.69, 9.17) is 9.47 Å². The quantitative estimate of drug-likeness (QED) is 0.667. The molecule has 1 aliphatic rings. The third kappa shape index (κ3) is 5.47. The van der Waals surface area contributed by atoms with Crippen LogP contribution in [0.4, 0.5) is 0 Å². The highest BCUT2D eigenvalue weighted by atomic mass is 16.5. The van der Waals surface area contributed by atoms with Gasteiger partial charge in [-0.25, -0.2) is 0 Å². The van der Waals surface area contributed by atoms with Gasteiger partial charge in [0.2, 0.25) is 5.91 Å². The second-order valence-corrected chi connectivity index (χ2v) is 4.63. The maximum atomic E-state index is 11.4. The summed E-state index contributed by atoms with van der Waals surface area (Å²) < 4.78 is 9.96. The molecule has 1 rings (SSSR count). The molecular weight excluding hydrogens is 206 g/mol. The zero-order valence-electron chi connectivity index (χ0n) is 10.3. The van der Waals surface area contributed by atoms with E-state index in [0.717, 1.165) is 12.5 Å². The molecule has 1 fully saturated rings. The highest BCUT2D eigenvalue weighted by Crippen LogP contribution is 2.29. The molecule has 0 aromatic carbocycles. The topological polar surface area (TPSA) is 47.6 Å². The van der Waals surface area contributed by atoms with Crippen molar-refractivity contribution in [3.05, 3.63) is 0 Å². The van der Waals surface area contributed by atoms with Gasteiger partial charge in [0.15, 0.2) is 0 Å². The van der Waals surface area contributed by atoms with Gasteiger partial charge in [0.1, 0.15) is 6.61 Å². The normalized spacial score (nSPS) is 24.6. The summed E-state index contributed by atoms with van der Waals surface area (Å²) in [5.74, 6) is 1.47.